The molecular formula is C23H25N3O5S2. The second-order valence-electron chi connectivity index (χ2n) is 7.95. The van der Waals surface area contributed by atoms with Gasteiger partial charge in [-0.2, -0.15) is 16.1 Å². The summed E-state index contributed by atoms with van der Waals surface area (Å²) in [5.74, 6) is -0.965. The van der Waals surface area contributed by atoms with Crippen LogP contribution in [0.25, 0.3) is 0 Å². The zero-order valence-corrected chi connectivity index (χ0v) is 19.8. The molecule has 2 heterocycles. The Labute approximate surface area is 197 Å². The summed E-state index contributed by atoms with van der Waals surface area (Å²) in [5.41, 5.74) is 0.859. The molecule has 0 spiro atoms. The van der Waals surface area contributed by atoms with Gasteiger partial charge in [0.15, 0.2) is 0 Å². The maximum atomic E-state index is 13.2. The molecule has 2 aliphatic rings. The highest BCUT2D eigenvalue weighted by Gasteiger charge is 2.42. The first kappa shape index (κ1) is 23.5. The van der Waals surface area contributed by atoms with E-state index in [1.54, 1.807) is 36.4 Å². The summed E-state index contributed by atoms with van der Waals surface area (Å²) >= 11 is 1.50. The summed E-state index contributed by atoms with van der Waals surface area (Å²) in [6, 6.07) is 11.6. The number of nitrogens with one attached hydrogen (secondary N) is 1. The topological polar surface area (TPSA) is 104 Å². The molecule has 2 aromatic carbocycles. The van der Waals surface area contributed by atoms with Gasteiger partial charge in [0, 0.05) is 18.8 Å². The summed E-state index contributed by atoms with van der Waals surface area (Å²) < 4.78 is 27.2. The number of rotatable bonds is 8. The van der Waals surface area contributed by atoms with Crippen molar-refractivity contribution in [1.29, 1.82) is 0 Å². The Morgan fingerprint density at radius 3 is 2.27 bits per heavy atom. The molecule has 8 nitrogen and oxygen atoms in total. The third-order valence-electron chi connectivity index (χ3n) is 5.84. The van der Waals surface area contributed by atoms with Crippen LogP contribution in [0.5, 0.6) is 0 Å². The van der Waals surface area contributed by atoms with E-state index in [4.69, 9.17) is 0 Å². The first-order valence-corrected chi connectivity index (χ1v) is 13.5. The van der Waals surface area contributed by atoms with E-state index in [1.165, 1.54) is 28.2 Å². The monoisotopic (exact) mass is 487 g/mol. The molecule has 33 heavy (non-hydrogen) atoms. The standard InChI is InChI=1S/C23H25N3O5S2/c1-32-14-11-20(26-22(28)18-9-2-3-10-19(18)23(26)29)21(27)24-16-7-6-8-17(15-16)33(30,31)25-12-4-5-13-25/h2-3,6-10,15,20H,4-5,11-14H2,1H3,(H,24,27)/t20-/m0/s1. The quantitative estimate of drug-likeness (QED) is 0.575. The Bertz CT molecular complexity index is 1160. The van der Waals surface area contributed by atoms with Crippen LogP contribution in [0, 0.1) is 0 Å². The number of fused-ring (bicyclic) bond motifs is 1. The highest BCUT2D eigenvalue weighted by molar-refractivity contribution is 7.98. The van der Waals surface area contributed by atoms with E-state index in [2.05, 4.69) is 5.32 Å². The lowest BCUT2D eigenvalue weighted by Crippen LogP contribution is -2.47. The number of hydrogen-bond acceptors (Lipinski definition) is 6. The van der Waals surface area contributed by atoms with E-state index >= 15 is 0 Å². The number of nitrogens with zero attached hydrogens (tertiary/aromatic N) is 2. The van der Waals surface area contributed by atoms with Crippen molar-refractivity contribution in [1.82, 2.24) is 9.21 Å². The minimum atomic E-state index is -3.64. The van der Waals surface area contributed by atoms with Crippen molar-refractivity contribution in [3.8, 4) is 0 Å². The SMILES string of the molecule is CSCC[C@@H](C(=O)Nc1cccc(S(=O)(=O)N2CCCC2)c1)N1C(=O)c2ccccc2C1=O. The van der Waals surface area contributed by atoms with Gasteiger partial charge < -0.3 is 5.32 Å². The van der Waals surface area contributed by atoms with Crippen LogP contribution in [0.15, 0.2) is 53.4 Å². The summed E-state index contributed by atoms with van der Waals surface area (Å²) in [5, 5.41) is 2.72. The van der Waals surface area contributed by atoms with Gasteiger partial charge in [0.1, 0.15) is 6.04 Å². The van der Waals surface area contributed by atoms with Crippen molar-refractivity contribution in [2.75, 3.05) is 30.4 Å². The molecule has 0 radical (unpaired) electrons. The smallest absolute Gasteiger partial charge is 0.262 e. The molecule has 4 rings (SSSR count). The van der Waals surface area contributed by atoms with Crippen molar-refractivity contribution in [2.45, 2.75) is 30.2 Å². The maximum absolute atomic E-state index is 13.2. The molecular weight excluding hydrogens is 462 g/mol. The van der Waals surface area contributed by atoms with Gasteiger partial charge in [-0.3, -0.25) is 19.3 Å². The average Bonchev–Trinajstić information content (AvgIpc) is 3.44. The number of sulfonamides is 1. The van der Waals surface area contributed by atoms with Gasteiger partial charge in [0.2, 0.25) is 15.9 Å². The zero-order valence-electron chi connectivity index (χ0n) is 18.2. The van der Waals surface area contributed by atoms with Crippen LogP contribution in [0.1, 0.15) is 40.0 Å². The minimum absolute atomic E-state index is 0.101. The molecule has 3 amide bonds. The number of carbonyl (C=O) groups excluding carboxylic acids is 3. The Balaban J connectivity index is 1.58. The second kappa shape index (κ2) is 9.66. The summed E-state index contributed by atoms with van der Waals surface area (Å²) in [7, 11) is -3.64. The van der Waals surface area contributed by atoms with Crippen LogP contribution in [0.3, 0.4) is 0 Å². The molecule has 0 saturated carbocycles. The van der Waals surface area contributed by atoms with Gasteiger partial charge in [0.05, 0.1) is 16.0 Å². The first-order chi connectivity index (χ1) is 15.8. The summed E-state index contributed by atoms with van der Waals surface area (Å²) in [4.78, 5) is 40.2. The van der Waals surface area contributed by atoms with Crippen LogP contribution in [-0.4, -0.2) is 66.5 Å². The fourth-order valence-electron chi connectivity index (χ4n) is 4.14. The zero-order chi connectivity index (χ0) is 23.6. The summed E-state index contributed by atoms with van der Waals surface area (Å²) in [6.45, 7) is 0.963. The van der Waals surface area contributed by atoms with Gasteiger partial charge in [-0.15, -0.1) is 0 Å². The van der Waals surface area contributed by atoms with Crippen LogP contribution < -0.4 is 5.32 Å². The first-order valence-electron chi connectivity index (χ1n) is 10.7. The average molecular weight is 488 g/mol. The van der Waals surface area contributed by atoms with Crippen LogP contribution in [-0.2, 0) is 14.8 Å². The molecule has 1 atom stereocenters. The lowest BCUT2D eigenvalue weighted by Gasteiger charge is -2.25. The molecule has 1 fully saturated rings. The number of carbonyl (C=O) groups is 3. The van der Waals surface area contributed by atoms with Gasteiger partial charge >= 0.3 is 0 Å². The second-order valence-corrected chi connectivity index (χ2v) is 10.9. The normalized spacial score (nSPS) is 17.3. The lowest BCUT2D eigenvalue weighted by atomic mass is 10.1. The van der Waals surface area contributed by atoms with Crippen LogP contribution >= 0.6 is 11.8 Å². The highest BCUT2D eigenvalue weighted by atomic mass is 32.2. The van der Waals surface area contributed by atoms with E-state index < -0.39 is 33.8 Å². The minimum Gasteiger partial charge on any atom is -0.324 e. The number of anilines is 1. The number of amides is 3. The van der Waals surface area contributed by atoms with Crippen molar-refractivity contribution < 1.29 is 22.8 Å². The molecule has 174 valence electrons. The summed E-state index contributed by atoms with van der Waals surface area (Å²) in [6.07, 6.45) is 3.81. The Morgan fingerprint density at radius 1 is 1.03 bits per heavy atom. The van der Waals surface area contributed by atoms with Crippen LogP contribution in [0.2, 0.25) is 0 Å². The Kier molecular flexibility index (Phi) is 6.87. The third kappa shape index (κ3) is 4.55. The highest BCUT2D eigenvalue weighted by Crippen LogP contribution is 2.28. The number of imide groups is 1. The maximum Gasteiger partial charge on any atom is 0.262 e. The van der Waals surface area contributed by atoms with E-state index in [0.717, 1.165) is 17.7 Å². The van der Waals surface area contributed by atoms with Gasteiger partial charge in [-0.25, -0.2) is 8.42 Å². The number of benzene rings is 2. The van der Waals surface area contributed by atoms with Crippen molar-refractivity contribution in [2.24, 2.45) is 0 Å². The van der Waals surface area contributed by atoms with Crippen molar-refractivity contribution >= 4 is 45.2 Å². The van der Waals surface area contributed by atoms with E-state index in [0.29, 0.717) is 24.5 Å². The number of thioether (sulfide) groups is 1. The molecule has 1 saturated heterocycles. The predicted molar refractivity (Wildman–Crippen MR) is 127 cm³/mol. The van der Waals surface area contributed by atoms with Gasteiger partial charge in [-0.1, -0.05) is 18.2 Å². The molecule has 0 unspecified atom stereocenters. The molecule has 1 N–H and O–H groups in total. The molecule has 0 bridgehead atoms. The van der Waals surface area contributed by atoms with Crippen molar-refractivity contribution in [3.63, 3.8) is 0 Å². The largest absolute Gasteiger partial charge is 0.324 e. The molecule has 10 heteroatoms. The predicted octanol–water partition coefficient (Wildman–Crippen LogP) is 2.83. The Hall–Kier alpha value is -2.69. The molecule has 2 aliphatic heterocycles. The van der Waals surface area contributed by atoms with Crippen molar-refractivity contribution in [3.05, 3.63) is 59.7 Å². The molecule has 0 aliphatic carbocycles. The molecule has 0 aromatic heterocycles. The van der Waals surface area contributed by atoms with E-state index in [-0.39, 0.29) is 22.4 Å². The van der Waals surface area contributed by atoms with Crippen LogP contribution in [0.4, 0.5) is 5.69 Å². The third-order valence-corrected chi connectivity index (χ3v) is 8.38. The number of hydrogen-bond donors (Lipinski definition) is 1. The van der Waals surface area contributed by atoms with E-state index in [9.17, 15) is 22.8 Å². The fourth-order valence-corrected chi connectivity index (χ4v) is 6.16. The molecule has 2 aromatic rings. The fraction of sp³-hybridized carbons (Fsp3) is 0.348. The van der Waals surface area contributed by atoms with E-state index in [1.807, 2.05) is 6.26 Å². The van der Waals surface area contributed by atoms with Gasteiger partial charge in [0.25, 0.3) is 11.8 Å². The Morgan fingerprint density at radius 2 is 1.67 bits per heavy atom. The lowest BCUT2D eigenvalue weighted by molar-refractivity contribution is -0.120. The van der Waals surface area contributed by atoms with Gasteiger partial charge in [-0.05, 0) is 61.6 Å².